The van der Waals surface area contributed by atoms with E-state index in [2.05, 4.69) is 33.0 Å². The van der Waals surface area contributed by atoms with Crippen molar-refractivity contribution >= 4 is 17.9 Å². The summed E-state index contributed by atoms with van der Waals surface area (Å²) in [4.78, 5) is 39.9. The lowest BCUT2D eigenvalue weighted by atomic mass is 9.83. The second kappa shape index (κ2) is 11.8. The Kier molecular flexibility index (Phi) is 8.36. The molecule has 2 aliphatic rings. The third-order valence-electron chi connectivity index (χ3n) is 6.84. The van der Waals surface area contributed by atoms with E-state index in [9.17, 15) is 14.4 Å². The number of carbonyl (C=O) groups excluding carboxylic acids is 3. The van der Waals surface area contributed by atoms with Crippen molar-refractivity contribution in [1.29, 1.82) is 0 Å². The summed E-state index contributed by atoms with van der Waals surface area (Å²) in [5, 5.41) is 8.64. The Morgan fingerprint density at radius 2 is 1.66 bits per heavy atom. The van der Waals surface area contributed by atoms with Crippen LogP contribution in [0.15, 0.2) is 60.7 Å². The van der Waals surface area contributed by atoms with Gasteiger partial charge in [-0.3, -0.25) is 9.59 Å². The predicted octanol–water partition coefficient (Wildman–Crippen LogP) is 2.38. The number of likely N-dealkylation sites (tertiary alicyclic amines) is 1. The van der Waals surface area contributed by atoms with Crippen LogP contribution in [0.1, 0.15) is 36.8 Å². The van der Waals surface area contributed by atoms with Crippen LogP contribution < -0.4 is 16.0 Å². The van der Waals surface area contributed by atoms with Gasteiger partial charge in [0, 0.05) is 26.2 Å². The fourth-order valence-corrected chi connectivity index (χ4v) is 4.66. The second-order valence-corrected chi connectivity index (χ2v) is 9.31. The Labute approximate surface area is 206 Å². The zero-order chi connectivity index (χ0) is 24.5. The smallest absolute Gasteiger partial charge is 0.407 e. The molecule has 0 saturated carbocycles. The predicted molar refractivity (Wildman–Crippen MR) is 132 cm³/mol. The molecule has 8 nitrogen and oxygen atoms in total. The van der Waals surface area contributed by atoms with E-state index in [1.807, 2.05) is 48.5 Å². The summed E-state index contributed by atoms with van der Waals surface area (Å²) in [5.41, 5.74) is 1.41. The maximum atomic E-state index is 12.9. The molecule has 0 aromatic heterocycles. The minimum Gasteiger partial charge on any atom is -0.445 e. The average Bonchev–Trinajstić information content (AvgIpc) is 2.89. The molecule has 3 amide bonds. The van der Waals surface area contributed by atoms with Gasteiger partial charge in [0.2, 0.25) is 11.8 Å². The quantitative estimate of drug-likeness (QED) is 0.481. The summed E-state index contributed by atoms with van der Waals surface area (Å²) < 4.78 is 5.18. The zero-order valence-corrected chi connectivity index (χ0v) is 20.0. The molecule has 0 aliphatic carbocycles. The van der Waals surface area contributed by atoms with Crippen molar-refractivity contribution in [2.45, 2.75) is 50.3 Å². The lowest BCUT2D eigenvalue weighted by Crippen LogP contribution is -2.71. The number of hydrogen-bond donors (Lipinski definition) is 3. The summed E-state index contributed by atoms with van der Waals surface area (Å²) in [6, 6.07) is 19.3. The number of carbonyl (C=O) groups is 3. The molecule has 4 rings (SSSR count). The summed E-state index contributed by atoms with van der Waals surface area (Å²) in [7, 11) is 0. The lowest BCUT2D eigenvalue weighted by Gasteiger charge is -2.45. The van der Waals surface area contributed by atoms with Gasteiger partial charge in [-0.2, -0.15) is 0 Å². The van der Waals surface area contributed by atoms with E-state index in [1.54, 1.807) is 0 Å². The molecule has 0 bridgehead atoms. The SMILES string of the molecule is O=C(NCCCC1NC(=O)C2(CCN(CCc3ccccc3)CC2)NC1=O)OCc1ccccc1. The highest BCUT2D eigenvalue weighted by molar-refractivity contribution is 5.99. The van der Waals surface area contributed by atoms with Gasteiger partial charge < -0.3 is 25.6 Å². The third kappa shape index (κ3) is 6.82. The fraction of sp³-hybridized carbons (Fsp3) is 0.444. The van der Waals surface area contributed by atoms with Gasteiger partial charge in [0.25, 0.3) is 0 Å². The number of nitrogens with one attached hydrogen (secondary N) is 3. The normalized spacial score (nSPS) is 19.6. The minimum atomic E-state index is -0.809. The van der Waals surface area contributed by atoms with Crippen LogP contribution in [0.3, 0.4) is 0 Å². The van der Waals surface area contributed by atoms with Crippen LogP contribution in [0.25, 0.3) is 0 Å². The molecule has 2 aromatic rings. The van der Waals surface area contributed by atoms with Crippen molar-refractivity contribution in [1.82, 2.24) is 20.9 Å². The number of benzene rings is 2. The third-order valence-corrected chi connectivity index (χ3v) is 6.84. The van der Waals surface area contributed by atoms with Crippen molar-refractivity contribution in [3.05, 3.63) is 71.8 Å². The Morgan fingerprint density at radius 3 is 2.34 bits per heavy atom. The molecular weight excluding hydrogens is 444 g/mol. The van der Waals surface area contributed by atoms with Crippen LogP contribution >= 0.6 is 0 Å². The number of piperazine rings is 1. The number of alkyl carbamates (subject to hydrolysis) is 1. The van der Waals surface area contributed by atoms with Gasteiger partial charge in [0.1, 0.15) is 18.2 Å². The summed E-state index contributed by atoms with van der Waals surface area (Å²) in [5.74, 6) is -0.242. The molecule has 8 heteroatoms. The summed E-state index contributed by atoms with van der Waals surface area (Å²) in [6.07, 6.45) is 2.71. The molecule has 0 radical (unpaired) electrons. The number of piperidine rings is 1. The van der Waals surface area contributed by atoms with E-state index in [0.29, 0.717) is 32.2 Å². The first-order valence-electron chi connectivity index (χ1n) is 12.4. The molecule has 2 fully saturated rings. The van der Waals surface area contributed by atoms with E-state index < -0.39 is 17.7 Å². The standard InChI is InChI=1S/C27H34N4O4/c32-24-23(12-7-16-28-26(34)35-20-22-10-5-2-6-11-22)29-25(33)27(30-24)14-18-31(19-15-27)17-13-21-8-3-1-4-9-21/h1-6,8-11,23H,7,12-20H2,(H,28,34)(H,29,33)(H,30,32). The molecule has 2 saturated heterocycles. The van der Waals surface area contributed by atoms with E-state index >= 15 is 0 Å². The molecule has 2 aromatic carbocycles. The summed E-state index contributed by atoms with van der Waals surface area (Å²) in [6.45, 7) is 3.08. The first-order chi connectivity index (χ1) is 17.0. The molecule has 35 heavy (non-hydrogen) atoms. The van der Waals surface area contributed by atoms with Gasteiger partial charge in [-0.25, -0.2) is 4.79 Å². The van der Waals surface area contributed by atoms with E-state index in [0.717, 1.165) is 31.6 Å². The highest BCUT2D eigenvalue weighted by Crippen LogP contribution is 2.26. The Morgan fingerprint density at radius 1 is 1.00 bits per heavy atom. The topological polar surface area (TPSA) is 99.8 Å². The van der Waals surface area contributed by atoms with Crippen molar-refractivity contribution in [2.24, 2.45) is 0 Å². The van der Waals surface area contributed by atoms with Gasteiger partial charge in [-0.15, -0.1) is 0 Å². The minimum absolute atomic E-state index is 0.0972. The number of rotatable bonds is 9. The van der Waals surface area contributed by atoms with E-state index in [4.69, 9.17) is 4.74 Å². The van der Waals surface area contributed by atoms with Crippen LogP contribution in [0, 0.1) is 0 Å². The zero-order valence-electron chi connectivity index (χ0n) is 20.0. The summed E-state index contributed by atoms with van der Waals surface area (Å²) >= 11 is 0. The van der Waals surface area contributed by atoms with Crippen molar-refractivity contribution < 1.29 is 19.1 Å². The van der Waals surface area contributed by atoms with Crippen LogP contribution in [0.4, 0.5) is 4.79 Å². The first kappa shape index (κ1) is 24.7. The first-order valence-corrected chi connectivity index (χ1v) is 12.4. The van der Waals surface area contributed by atoms with Gasteiger partial charge in [0.15, 0.2) is 0 Å². The molecule has 1 unspecified atom stereocenters. The van der Waals surface area contributed by atoms with Gasteiger partial charge in [0.05, 0.1) is 0 Å². The monoisotopic (exact) mass is 478 g/mol. The Hall–Kier alpha value is -3.39. The van der Waals surface area contributed by atoms with E-state index in [-0.39, 0.29) is 18.4 Å². The van der Waals surface area contributed by atoms with Crippen molar-refractivity contribution in [3.63, 3.8) is 0 Å². The largest absolute Gasteiger partial charge is 0.445 e. The molecule has 1 atom stereocenters. The van der Waals surface area contributed by atoms with Crippen LogP contribution in [-0.4, -0.2) is 60.6 Å². The van der Waals surface area contributed by atoms with Crippen molar-refractivity contribution in [2.75, 3.05) is 26.2 Å². The fourth-order valence-electron chi connectivity index (χ4n) is 4.66. The molecule has 2 aliphatic heterocycles. The second-order valence-electron chi connectivity index (χ2n) is 9.31. The van der Waals surface area contributed by atoms with E-state index in [1.165, 1.54) is 5.56 Å². The molecule has 3 N–H and O–H groups in total. The number of ether oxygens (including phenoxy) is 1. The molecule has 186 valence electrons. The number of hydrogen-bond acceptors (Lipinski definition) is 5. The Balaban J connectivity index is 1.14. The maximum Gasteiger partial charge on any atom is 0.407 e. The Bertz CT molecular complexity index is 991. The van der Waals surface area contributed by atoms with Crippen LogP contribution in [0.2, 0.25) is 0 Å². The van der Waals surface area contributed by atoms with Crippen LogP contribution in [-0.2, 0) is 27.4 Å². The number of amides is 3. The lowest BCUT2D eigenvalue weighted by molar-refractivity contribution is -0.143. The highest BCUT2D eigenvalue weighted by atomic mass is 16.5. The van der Waals surface area contributed by atoms with Gasteiger partial charge >= 0.3 is 6.09 Å². The van der Waals surface area contributed by atoms with Crippen molar-refractivity contribution in [3.8, 4) is 0 Å². The highest BCUT2D eigenvalue weighted by Gasteiger charge is 2.47. The molecular formula is C27H34N4O4. The average molecular weight is 479 g/mol. The van der Waals surface area contributed by atoms with Crippen LogP contribution in [0.5, 0.6) is 0 Å². The molecule has 1 spiro atoms. The maximum absolute atomic E-state index is 12.9. The molecule has 2 heterocycles. The van der Waals surface area contributed by atoms with Gasteiger partial charge in [-0.05, 0) is 43.2 Å². The number of nitrogens with zero attached hydrogens (tertiary/aromatic N) is 1. The van der Waals surface area contributed by atoms with Gasteiger partial charge in [-0.1, -0.05) is 60.7 Å².